The quantitative estimate of drug-likeness (QED) is 0.584. The second kappa shape index (κ2) is 5.89. The van der Waals surface area contributed by atoms with Crippen LogP contribution in [0.25, 0.3) is 0 Å². The monoisotopic (exact) mass is 279 g/mol. The van der Waals surface area contributed by atoms with E-state index in [1.165, 1.54) is 6.07 Å². The molecule has 1 aromatic rings. The van der Waals surface area contributed by atoms with Gasteiger partial charge in [-0.3, -0.25) is 10.3 Å². The maximum Gasteiger partial charge on any atom is 0.138 e. The van der Waals surface area contributed by atoms with Crippen molar-refractivity contribution >= 4 is 5.84 Å². The van der Waals surface area contributed by atoms with Crippen LogP contribution in [0.3, 0.4) is 0 Å². The summed E-state index contributed by atoms with van der Waals surface area (Å²) in [5, 5.41) is 17.4. The molecule has 1 saturated heterocycles. The van der Waals surface area contributed by atoms with Gasteiger partial charge in [0.2, 0.25) is 0 Å². The highest BCUT2D eigenvalue weighted by Crippen LogP contribution is 2.23. The summed E-state index contributed by atoms with van der Waals surface area (Å²) in [6.07, 6.45) is 2.38. The summed E-state index contributed by atoms with van der Waals surface area (Å²) >= 11 is 0. The molecule has 1 aliphatic rings. The Labute approximate surface area is 118 Å². The Hall–Kier alpha value is -1.46. The van der Waals surface area contributed by atoms with E-state index in [1.54, 1.807) is 12.1 Å². The van der Waals surface area contributed by atoms with Gasteiger partial charge in [0.05, 0.1) is 11.2 Å². The van der Waals surface area contributed by atoms with Gasteiger partial charge in [0.25, 0.3) is 0 Å². The SMILES string of the molecule is CC1(O)CCCN(Cc2cccc(C(=N)N)c2F)CC1. The first-order valence-electron chi connectivity index (χ1n) is 6.95. The number of hydrogen-bond donors (Lipinski definition) is 3. The van der Waals surface area contributed by atoms with Gasteiger partial charge in [0.15, 0.2) is 0 Å². The number of halogens is 1. The van der Waals surface area contributed by atoms with Gasteiger partial charge >= 0.3 is 0 Å². The lowest BCUT2D eigenvalue weighted by molar-refractivity contribution is 0.0444. The predicted octanol–water partition coefficient (Wildman–Crippen LogP) is 1.85. The molecule has 5 heteroatoms. The first-order valence-corrected chi connectivity index (χ1v) is 6.95. The van der Waals surface area contributed by atoms with Crippen molar-refractivity contribution in [1.82, 2.24) is 4.90 Å². The van der Waals surface area contributed by atoms with Crippen LogP contribution in [0.5, 0.6) is 0 Å². The lowest BCUT2D eigenvalue weighted by Gasteiger charge is -2.22. The molecule has 4 N–H and O–H groups in total. The maximum absolute atomic E-state index is 14.2. The lowest BCUT2D eigenvalue weighted by Crippen LogP contribution is -2.28. The van der Waals surface area contributed by atoms with E-state index in [9.17, 15) is 9.50 Å². The van der Waals surface area contributed by atoms with Gasteiger partial charge in [0, 0.05) is 18.7 Å². The van der Waals surface area contributed by atoms with Crippen LogP contribution in [0.4, 0.5) is 4.39 Å². The smallest absolute Gasteiger partial charge is 0.138 e. The molecule has 1 aliphatic heterocycles. The summed E-state index contributed by atoms with van der Waals surface area (Å²) in [5.41, 5.74) is 5.47. The predicted molar refractivity (Wildman–Crippen MR) is 77.2 cm³/mol. The van der Waals surface area contributed by atoms with Crippen molar-refractivity contribution < 1.29 is 9.50 Å². The third-order valence-corrected chi connectivity index (χ3v) is 3.92. The van der Waals surface area contributed by atoms with Crippen LogP contribution in [0.2, 0.25) is 0 Å². The van der Waals surface area contributed by atoms with Gasteiger partial charge in [-0.25, -0.2) is 4.39 Å². The van der Waals surface area contributed by atoms with Crippen molar-refractivity contribution in [3.8, 4) is 0 Å². The van der Waals surface area contributed by atoms with Gasteiger partial charge in [-0.1, -0.05) is 12.1 Å². The van der Waals surface area contributed by atoms with Gasteiger partial charge in [-0.2, -0.15) is 0 Å². The summed E-state index contributed by atoms with van der Waals surface area (Å²) < 4.78 is 14.2. The molecule has 0 amide bonds. The van der Waals surface area contributed by atoms with E-state index < -0.39 is 11.4 Å². The highest BCUT2D eigenvalue weighted by molar-refractivity contribution is 5.95. The topological polar surface area (TPSA) is 73.3 Å². The molecule has 1 heterocycles. The fourth-order valence-corrected chi connectivity index (χ4v) is 2.63. The van der Waals surface area contributed by atoms with E-state index in [4.69, 9.17) is 11.1 Å². The average molecular weight is 279 g/mol. The number of hydrogen-bond acceptors (Lipinski definition) is 3. The highest BCUT2D eigenvalue weighted by Gasteiger charge is 2.25. The van der Waals surface area contributed by atoms with Crippen LogP contribution in [0, 0.1) is 11.2 Å². The number of nitrogens with zero attached hydrogens (tertiary/aromatic N) is 1. The van der Waals surface area contributed by atoms with Gasteiger partial charge in [-0.15, -0.1) is 0 Å². The molecule has 110 valence electrons. The van der Waals surface area contributed by atoms with E-state index >= 15 is 0 Å². The molecule has 20 heavy (non-hydrogen) atoms. The van der Waals surface area contributed by atoms with Crippen LogP contribution in [-0.4, -0.2) is 34.5 Å². The zero-order valence-corrected chi connectivity index (χ0v) is 11.8. The van der Waals surface area contributed by atoms with Gasteiger partial charge in [-0.05, 0) is 38.8 Å². The minimum Gasteiger partial charge on any atom is -0.390 e. The van der Waals surface area contributed by atoms with Gasteiger partial charge in [0.1, 0.15) is 11.7 Å². The Kier molecular flexibility index (Phi) is 4.40. The zero-order valence-electron chi connectivity index (χ0n) is 11.8. The average Bonchev–Trinajstić information content (AvgIpc) is 2.53. The summed E-state index contributed by atoms with van der Waals surface area (Å²) in [6.45, 7) is 3.94. The van der Waals surface area contributed by atoms with E-state index in [2.05, 4.69) is 4.90 Å². The summed E-state index contributed by atoms with van der Waals surface area (Å²) in [5.74, 6) is -0.654. The molecule has 1 aromatic carbocycles. The Morgan fingerprint density at radius 2 is 2.20 bits per heavy atom. The molecule has 2 rings (SSSR count). The van der Waals surface area contributed by atoms with Crippen molar-refractivity contribution in [2.75, 3.05) is 13.1 Å². The Morgan fingerprint density at radius 1 is 1.45 bits per heavy atom. The number of likely N-dealkylation sites (tertiary alicyclic amines) is 1. The first kappa shape index (κ1) is 14.9. The number of nitrogen functional groups attached to an aromatic ring is 1. The third kappa shape index (κ3) is 3.55. The number of aliphatic hydroxyl groups is 1. The van der Waals surface area contributed by atoms with Crippen molar-refractivity contribution in [3.05, 3.63) is 35.1 Å². The van der Waals surface area contributed by atoms with E-state index in [0.717, 1.165) is 25.9 Å². The molecule has 1 atom stereocenters. The molecule has 0 saturated carbocycles. The van der Waals surface area contributed by atoms with Crippen LogP contribution < -0.4 is 5.73 Å². The number of amidine groups is 1. The van der Waals surface area contributed by atoms with Crippen LogP contribution in [0.15, 0.2) is 18.2 Å². The number of rotatable bonds is 3. The molecule has 4 nitrogen and oxygen atoms in total. The fraction of sp³-hybridized carbons (Fsp3) is 0.533. The lowest BCUT2D eigenvalue weighted by atomic mass is 9.98. The number of nitrogens with two attached hydrogens (primary N) is 1. The molecule has 0 bridgehead atoms. The Bertz CT molecular complexity index is 502. The van der Waals surface area contributed by atoms with E-state index in [-0.39, 0.29) is 11.4 Å². The van der Waals surface area contributed by atoms with Crippen LogP contribution in [-0.2, 0) is 6.54 Å². The van der Waals surface area contributed by atoms with E-state index in [0.29, 0.717) is 18.5 Å². The van der Waals surface area contributed by atoms with E-state index in [1.807, 2.05) is 6.92 Å². The maximum atomic E-state index is 14.2. The van der Waals surface area contributed by atoms with Crippen molar-refractivity contribution in [2.45, 2.75) is 38.3 Å². The standard InChI is InChI=1S/C15H22FN3O/c1-15(20)6-3-8-19(9-7-15)10-11-4-2-5-12(13(11)16)14(17)18/h2,4-5,20H,3,6-10H2,1H3,(H3,17,18). The summed E-state index contributed by atoms with van der Waals surface area (Å²) in [7, 11) is 0. The summed E-state index contributed by atoms with van der Waals surface area (Å²) in [4.78, 5) is 2.14. The second-order valence-electron chi connectivity index (χ2n) is 5.82. The molecule has 0 radical (unpaired) electrons. The van der Waals surface area contributed by atoms with Gasteiger partial charge < -0.3 is 10.8 Å². The van der Waals surface area contributed by atoms with Crippen LogP contribution in [0.1, 0.15) is 37.3 Å². The minimum absolute atomic E-state index is 0.157. The highest BCUT2D eigenvalue weighted by atomic mass is 19.1. The van der Waals surface area contributed by atoms with Crippen molar-refractivity contribution in [2.24, 2.45) is 5.73 Å². The molecule has 0 spiro atoms. The number of nitrogens with one attached hydrogen (secondary N) is 1. The van der Waals surface area contributed by atoms with Crippen LogP contribution >= 0.6 is 0 Å². The molecule has 1 unspecified atom stereocenters. The third-order valence-electron chi connectivity index (χ3n) is 3.92. The Morgan fingerprint density at radius 3 is 2.90 bits per heavy atom. The first-order chi connectivity index (χ1) is 9.39. The van der Waals surface area contributed by atoms with Crippen molar-refractivity contribution in [1.29, 1.82) is 5.41 Å². The minimum atomic E-state index is -0.617. The zero-order chi connectivity index (χ0) is 14.8. The van der Waals surface area contributed by atoms with Crippen molar-refractivity contribution in [3.63, 3.8) is 0 Å². The molecular weight excluding hydrogens is 257 g/mol. The largest absolute Gasteiger partial charge is 0.390 e. The fourth-order valence-electron chi connectivity index (χ4n) is 2.63. The molecular formula is C15H22FN3O. The molecule has 0 aromatic heterocycles. The Balaban J connectivity index is 2.10. The normalized spacial score (nSPS) is 24.4. The summed E-state index contributed by atoms with van der Waals surface area (Å²) in [6, 6.07) is 4.97. The molecule has 1 fully saturated rings. The number of benzene rings is 1. The second-order valence-corrected chi connectivity index (χ2v) is 5.82. The molecule has 0 aliphatic carbocycles.